The third-order valence-corrected chi connectivity index (χ3v) is 2.77. The van der Waals surface area contributed by atoms with Crippen LogP contribution in [-0.4, -0.2) is 23.6 Å². The topological polar surface area (TPSA) is 45.0 Å². The largest absolute Gasteiger partial charge is 0.358 e. The van der Waals surface area contributed by atoms with Crippen LogP contribution in [0.5, 0.6) is 0 Å². The van der Waals surface area contributed by atoms with E-state index in [1.54, 1.807) is 0 Å². The van der Waals surface area contributed by atoms with Gasteiger partial charge in [0.1, 0.15) is 0 Å². The smallest absolute Gasteiger partial charge is 0.0459 e. The average molecular weight is 203 g/mol. The first-order valence-corrected chi connectivity index (χ1v) is 5.17. The highest BCUT2D eigenvalue weighted by molar-refractivity contribution is 5.84. The molecule has 0 bridgehead atoms. The Hall–Kier alpha value is -1.32. The van der Waals surface area contributed by atoms with Gasteiger partial charge in [-0.3, -0.25) is 4.90 Å². The summed E-state index contributed by atoms with van der Waals surface area (Å²) in [4.78, 5) is 5.49. The van der Waals surface area contributed by atoms with Crippen molar-refractivity contribution in [3.8, 4) is 0 Å². The Morgan fingerprint density at radius 3 is 2.80 bits per heavy atom. The van der Waals surface area contributed by atoms with E-state index < -0.39 is 0 Å². The molecule has 0 radical (unpaired) electrons. The van der Waals surface area contributed by atoms with Gasteiger partial charge in [0.2, 0.25) is 0 Å². The number of aromatic amines is 1. The van der Waals surface area contributed by atoms with Crippen LogP contribution in [0.25, 0.3) is 10.9 Å². The van der Waals surface area contributed by atoms with Gasteiger partial charge in [-0.25, -0.2) is 0 Å². The lowest BCUT2D eigenvalue weighted by Gasteiger charge is -2.13. The van der Waals surface area contributed by atoms with Gasteiger partial charge in [0.05, 0.1) is 0 Å². The van der Waals surface area contributed by atoms with E-state index in [1.807, 2.05) is 7.05 Å². The molecule has 15 heavy (non-hydrogen) atoms. The van der Waals surface area contributed by atoms with Gasteiger partial charge in [-0.1, -0.05) is 18.2 Å². The van der Waals surface area contributed by atoms with E-state index >= 15 is 0 Å². The van der Waals surface area contributed by atoms with Gasteiger partial charge >= 0.3 is 0 Å². The highest BCUT2D eigenvalue weighted by atomic mass is 15.1. The van der Waals surface area contributed by atoms with Gasteiger partial charge in [0.25, 0.3) is 0 Å². The number of benzene rings is 1. The van der Waals surface area contributed by atoms with Crippen LogP contribution < -0.4 is 5.73 Å². The first-order chi connectivity index (χ1) is 7.22. The average Bonchev–Trinajstić information content (AvgIpc) is 2.55. The van der Waals surface area contributed by atoms with Gasteiger partial charge in [0, 0.05) is 29.8 Å². The van der Waals surface area contributed by atoms with E-state index in [0.29, 0.717) is 6.67 Å². The monoisotopic (exact) mass is 203 g/mol. The number of para-hydroxylation sites is 1. The molecule has 0 spiro atoms. The predicted molar refractivity (Wildman–Crippen MR) is 63.6 cm³/mol. The molecule has 1 heterocycles. The minimum Gasteiger partial charge on any atom is -0.358 e. The van der Waals surface area contributed by atoms with E-state index in [1.165, 1.54) is 22.2 Å². The molecule has 2 aromatic rings. The van der Waals surface area contributed by atoms with Crippen LogP contribution in [0, 0.1) is 6.92 Å². The molecular formula is C12H17N3. The molecule has 0 unspecified atom stereocenters. The zero-order valence-electron chi connectivity index (χ0n) is 9.25. The molecular weight excluding hydrogens is 186 g/mol. The molecule has 3 heteroatoms. The minimum atomic E-state index is 0.582. The quantitative estimate of drug-likeness (QED) is 0.747. The molecule has 0 aliphatic heterocycles. The van der Waals surface area contributed by atoms with Crippen molar-refractivity contribution >= 4 is 10.9 Å². The fourth-order valence-corrected chi connectivity index (χ4v) is 1.87. The van der Waals surface area contributed by atoms with E-state index in [-0.39, 0.29) is 0 Å². The third kappa shape index (κ3) is 1.89. The number of rotatable bonds is 3. The maximum Gasteiger partial charge on any atom is 0.0459 e. The molecule has 80 valence electrons. The number of nitrogens with two attached hydrogens (primary N) is 1. The van der Waals surface area contributed by atoms with Gasteiger partial charge in [-0.2, -0.15) is 0 Å². The highest BCUT2D eigenvalue weighted by Gasteiger charge is 2.08. The molecule has 0 atom stereocenters. The van der Waals surface area contributed by atoms with Crippen LogP contribution >= 0.6 is 0 Å². The lowest BCUT2D eigenvalue weighted by Crippen LogP contribution is -2.25. The van der Waals surface area contributed by atoms with Crippen LogP contribution in [0.2, 0.25) is 0 Å². The summed E-state index contributed by atoms with van der Waals surface area (Å²) >= 11 is 0. The molecule has 3 N–H and O–H groups in total. The summed E-state index contributed by atoms with van der Waals surface area (Å²) in [7, 11) is 2.03. The number of aryl methyl sites for hydroxylation is 1. The maximum absolute atomic E-state index is 5.60. The van der Waals surface area contributed by atoms with Crippen molar-refractivity contribution in [1.82, 2.24) is 9.88 Å². The maximum atomic E-state index is 5.60. The Morgan fingerprint density at radius 2 is 2.07 bits per heavy atom. The molecule has 0 saturated carbocycles. The van der Waals surface area contributed by atoms with Crippen LogP contribution in [0.1, 0.15) is 11.3 Å². The fourth-order valence-electron chi connectivity index (χ4n) is 1.87. The van der Waals surface area contributed by atoms with Crippen molar-refractivity contribution in [3.05, 3.63) is 35.5 Å². The summed E-state index contributed by atoms with van der Waals surface area (Å²) in [5.41, 5.74) is 9.38. The third-order valence-electron chi connectivity index (χ3n) is 2.77. The van der Waals surface area contributed by atoms with Crippen LogP contribution in [0.4, 0.5) is 0 Å². The van der Waals surface area contributed by atoms with Crippen LogP contribution in [0.15, 0.2) is 24.3 Å². The summed E-state index contributed by atoms with van der Waals surface area (Å²) in [6, 6.07) is 8.38. The number of hydrogen-bond acceptors (Lipinski definition) is 2. The van der Waals surface area contributed by atoms with Crippen molar-refractivity contribution in [2.45, 2.75) is 13.5 Å². The molecule has 0 saturated heterocycles. The SMILES string of the molecule is Cc1[nH]c2ccccc2c1CN(C)CN. The standard InChI is InChI=1S/C12H17N3/c1-9-11(7-15(2)8-13)10-5-3-4-6-12(10)14-9/h3-6,14H,7-8,13H2,1-2H3. The second-order valence-corrected chi connectivity index (χ2v) is 3.97. The van der Waals surface area contributed by atoms with Gasteiger partial charge in [0.15, 0.2) is 0 Å². The molecule has 0 fully saturated rings. The number of H-pyrrole nitrogens is 1. The summed E-state index contributed by atoms with van der Waals surface area (Å²) < 4.78 is 0. The number of nitrogens with zero attached hydrogens (tertiary/aromatic N) is 1. The number of aromatic nitrogens is 1. The van der Waals surface area contributed by atoms with Crippen molar-refractivity contribution in [3.63, 3.8) is 0 Å². The molecule has 2 rings (SSSR count). The lowest BCUT2D eigenvalue weighted by atomic mass is 10.1. The van der Waals surface area contributed by atoms with Crippen molar-refractivity contribution in [1.29, 1.82) is 0 Å². The second-order valence-electron chi connectivity index (χ2n) is 3.97. The van der Waals surface area contributed by atoms with Crippen molar-refractivity contribution < 1.29 is 0 Å². The van der Waals surface area contributed by atoms with E-state index in [2.05, 4.69) is 41.1 Å². The van der Waals surface area contributed by atoms with Gasteiger partial charge in [-0.15, -0.1) is 0 Å². The summed E-state index contributed by atoms with van der Waals surface area (Å²) in [6.45, 7) is 3.59. The Morgan fingerprint density at radius 1 is 1.33 bits per heavy atom. The molecule has 3 nitrogen and oxygen atoms in total. The fraction of sp³-hybridized carbons (Fsp3) is 0.333. The van der Waals surface area contributed by atoms with E-state index in [0.717, 1.165) is 6.54 Å². The Bertz CT molecular complexity index is 459. The van der Waals surface area contributed by atoms with Crippen LogP contribution in [-0.2, 0) is 6.54 Å². The first-order valence-electron chi connectivity index (χ1n) is 5.17. The number of fused-ring (bicyclic) bond motifs is 1. The number of nitrogens with one attached hydrogen (secondary N) is 1. The van der Waals surface area contributed by atoms with E-state index in [9.17, 15) is 0 Å². The van der Waals surface area contributed by atoms with Crippen LogP contribution in [0.3, 0.4) is 0 Å². The predicted octanol–water partition coefficient (Wildman–Crippen LogP) is 1.82. The van der Waals surface area contributed by atoms with E-state index in [4.69, 9.17) is 5.73 Å². The molecule has 0 aliphatic rings. The second kappa shape index (κ2) is 4.04. The zero-order chi connectivity index (χ0) is 10.8. The summed E-state index contributed by atoms with van der Waals surface area (Å²) in [5.74, 6) is 0. The summed E-state index contributed by atoms with van der Waals surface area (Å²) in [6.07, 6.45) is 0. The molecule has 1 aromatic carbocycles. The number of hydrogen-bond donors (Lipinski definition) is 2. The first kappa shape index (κ1) is 10.2. The highest BCUT2D eigenvalue weighted by Crippen LogP contribution is 2.22. The summed E-state index contributed by atoms with van der Waals surface area (Å²) in [5, 5.41) is 1.30. The zero-order valence-corrected chi connectivity index (χ0v) is 9.25. The van der Waals surface area contributed by atoms with Crippen molar-refractivity contribution in [2.75, 3.05) is 13.7 Å². The minimum absolute atomic E-state index is 0.582. The Kier molecular flexibility index (Phi) is 2.75. The Labute approximate surface area is 89.9 Å². The van der Waals surface area contributed by atoms with Gasteiger partial charge < -0.3 is 10.7 Å². The van der Waals surface area contributed by atoms with Gasteiger partial charge in [-0.05, 0) is 25.6 Å². The van der Waals surface area contributed by atoms with Crippen molar-refractivity contribution in [2.24, 2.45) is 5.73 Å². The Balaban J connectivity index is 2.45. The molecule has 0 amide bonds. The molecule has 0 aliphatic carbocycles. The lowest BCUT2D eigenvalue weighted by molar-refractivity contribution is 0.338. The normalized spacial score (nSPS) is 11.5. The molecule has 1 aromatic heterocycles.